The molecule has 0 bridgehead atoms. The Morgan fingerprint density at radius 2 is 1.74 bits per heavy atom. The van der Waals surface area contributed by atoms with Gasteiger partial charge in [-0.2, -0.15) is 0 Å². The van der Waals surface area contributed by atoms with Gasteiger partial charge in [0.2, 0.25) is 15.8 Å². The molecule has 10 heteroatoms. The number of rotatable bonds is 19. The van der Waals surface area contributed by atoms with Gasteiger partial charge in [0.1, 0.15) is 5.75 Å². The Morgan fingerprint density at radius 1 is 0.935 bits per heavy atom. The number of unbranched alkanes of at least 4 members (excludes halogenated alkanes) is 3. The highest BCUT2D eigenvalue weighted by molar-refractivity contribution is 7.89. The van der Waals surface area contributed by atoms with Gasteiger partial charge in [0, 0.05) is 44.2 Å². The molecule has 2 aliphatic rings. The van der Waals surface area contributed by atoms with Crippen molar-refractivity contribution in [2.75, 3.05) is 32.9 Å². The van der Waals surface area contributed by atoms with Crippen molar-refractivity contribution >= 4 is 10.0 Å². The van der Waals surface area contributed by atoms with E-state index in [-0.39, 0.29) is 6.04 Å². The van der Waals surface area contributed by atoms with Crippen molar-refractivity contribution in [3.8, 4) is 16.9 Å². The third-order valence-electron chi connectivity index (χ3n) is 8.08. The van der Waals surface area contributed by atoms with Crippen molar-refractivity contribution in [3.05, 3.63) is 83.4 Å². The standard InChI is InChI=1S/C36H48N2O7S/c1-36(2)44-26-30-23-29(14-17-34(30)45-36)33(39)24-37-18-7-3-4-8-19-42-20-21-43-25-27-10-9-11-28(22-27)32-12-5-6-13-35(32)46(40,41)38-31-15-16-31/h5-6,9-14,17,22-23,31,33,37-39H,3-4,7-8,15-16,18-21,24-26H2,1-2H3/t33-/m0/s1. The zero-order chi connectivity index (χ0) is 32.4. The molecule has 1 saturated carbocycles. The van der Waals surface area contributed by atoms with Crippen LogP contribution in [0.3, 0.4) is 0 Å². The second-order valence-corrected chi connectivity index (χ2v) is 14.2. The van der Waals surface area contributed by atoms with E-state index >= 15 is 0 Å². The van der Waals surface area contributed by atoms with Crippen molar-refractivity contribution in [3.63, 3.8) is 0 Å². The lowest BCUT2D eigenvalue weighted by Gasteiger charge is -2.33. The summed E-state index contributed by atoms with van der Waals surface area (Å²) >= 11 is 0. The van der Waals surface area contributed by atoms with Gasteiger partial charge in [-0.3, -0.25) is 0 Å². The fourth-order valence-electron chi connectivity index (χ4n) is 5.39. The van der Waals surface area contributed by atoms with Crippen molar-refractivity contribution < 1.29 is 32.5 Å². The number of sulfonamides is 1. The van der Waals surface area contributed by atoms with Gasteiger partial charge in [-0.15, -0.1) is 0 Å². The molecule has 9 nitrogen and oxygen atoms in total. The van der Waals surface area contributed by atoms with Crippen LogP contribution < -0.4 is 14.8 Å². The molecule has 0 aromatic heterocycles. The molecular weight excluding hydrogens is 604 g/mol. The summed E-state index contributed by atoms with van der Waals surface area (Å²) < 4.78 is 51.7. The van der Waals surface area contributed by atoms with Crippen LogP contribution in [0, 0.1) is 0 Å². The normalized spacial score (nSPS) is 16.5. The van der Waals surface area contributed by atoms with Gasteiger partial charge in [-0.1, -0.05) is 55.3 Å². The van der Waals surface area contributed by atoms with Crippen molar-refractivity contribution in [2.24, 2.45) is 0 Å². The highest BCUT2D eigenvalue weighted by Crippen LogP contribution is 2.33. The van der Waals surface area contributed by atoms with E-state index in [4.69, 9.17) is 18.9 Å². The van der Waals surface area contributed by atoms with Gasteiger partial charge in [0.05, 0.1) is 37.4 Å². The first kappa shape index (κ1) is 34.5. The van der Waals surface area contributed by atoms with E-state index in [2.05, 4.69) is 10.0 Å². The Kier molecular flexibility index (Phi) is 12.2. The maximum atomic E-state index is 12.9. The molecule has 0 spiro atoms. The Bertz CT molecular complexity index is 1520. The first-order valence-corrected chi connectivity index (χ1v) is 17.9. The average Bonchev–Trinajstić information content (AvgIpc) is 3.86. The largest absolute Gasteiger partial charge is 0.463 e. The van der Waals surface area contributed by atoms with E-state index in [1.165, 1.54) is 0 Å². The molecule has 1 atom stereocenters. The molecule has 0 amide bonds. The van der Waals surface area contributed by atoms with E-state index in [0.29, 0.717) is 50.0 Å². The predicted molar refractivity (Wildman–Crippen MR) is 178 cm³/mol. The number of hydrogen-bond acceptors (Lipinski definition) is 8. The number of benzene rings is 3. The summed E-state index contributed by atoms with van der Waals surface area (Å²) in [6.07, 6.45) is 5.45. The first-order chi connectivity index (χ1) is 22.2. The van der Waals surface area contributed by atoms with E-state index in [1.807, 2.05) is 68.4 Å². The molecule has 1 heterocycles. The van der Waals surface area contributed by atoms with Crippen LogP contribution in [-0.4, -0.2) is 58.3 Å². The second kappa shape index (κ2) is 16.3. The van der Waals surface area contributed by atoms with Gasteiger partial charge >= 0.3 is 0 Å². The lowest BCUT2D eigenvalue weighted by atomic mass is 10.0. The van der Waals surface area contributed by atoms with E-state index in [0.717, 1.165) is 73.1 Å². The van der Waals surface area contributed by atoms with E-state index in [1.54, 1.807) is 12.1 Å². The van der Waals surface area contributed by atoms with Crippen LogP contribution in [0.1, 0.15) is 75.2 Å². The summed E-state index contributed by atoms with van der Waals surface area (Å²) in [5, 5.41) is 13.9. The molecule has 1 aliphatic heterocycles. The molecule has 3 N–H and O–H groups in total. The SMILES string of the molecule is CC1(C)OCc2cc([C@@H](O)CNCCCCCCOCCOCc3cccc(-c4ccccc4S(=O)(=O)NC4CC4)c3)ccc2O1. The van der Waals surface area contributed by atoms with Crippen LogP contribution >= 0.6 is 0 Å². The fraction of sp³-hybridized carbons (Fsp3) is 0.500. The Morgan fingerprint density at radius 3 is 2.59 bits per heavy atom. The maximum absolute atomic E-state index is 12.9. The minimum atomic E-state index is -3.56. The minimum Gasteiger partial charge on any atom is -0.463 e. The number of aliphatic hydroxyl groups excluding tert-OH is 1. The molecular formula is C36H48N2O7S. The summed E-state index contributed by atoms with van der Waals surface area (Å²) in [6.45, 7) is 7.79. The Balaban J connectivity index is 0.901. The van der Waals surface area contributed by atoms with Crippen LogP contribution in [0.15, 0.2) is 71.6 Å². The van der Waals surface area contributed by atoms with Crippen LogP contribution in [0.5, 0.6) is 5.75 Å². The zero-order valence-corrected chi connectivity index (χ0v) is 27.8. The Labute approximate surface area is 273 Å². The van der Waals surface area contributed by atoms with Crippen LogP contribution in [0.2, 0.25) is 0 Å². The topological polar surface area (TPSA) is 115 Å². The number of aliphatic hydroxyl groups is 1. The Hall–Kier alpha value is -2.83. The summed E-state index contributed by atoms with van der Waals surface area (Å²) in [6, 6.07) is 20.8. The number of ether oxygens (including phenoxy) is 4. The molecule has 3 aromatic carbocycles. The third kappa shape index (κ3) is 10.3. The molecule has 250 valence electrons. The van der Waals surface area contributed by atoms with Gasteiger partial charge in [-0.05, 0) is 73.2 Å². The molecule has 0 unspecified atom stereocenters. The molecule has 46 heavy (non-hydrogen) atoms. The van der Waals surface area contributed by atoms with E-state index in [9.17, 15) is 13.5 Å². The first-order valence-electron chi connectivity index (χ1n) is 16.4. The second-order valence-electron chi connectivity index (χ2n) is 12.5. The fourth-order valence-corrected chi connectivity index (χ4v) is 6.93. The van der Waals surface area contributed by atoms with Gasteiger partial charge in [0.25, 0.3) is 0 Å². The minimum absolute atomic E-state index is 0.0568. The highest BCUT2D eigenvalue weighted by atomic mass is 32.2. The molecule has 1 fully saturated rings. The molecule has 1 aliphatic carbocycles. The van der Waals surface area contributed by atoms with Crippen LogP contribution in [0.25, 0.3) is 11.1 Å². The van der Waals surface area contributed by atoms with Crippen LogP contribution in [-0.2, 0) is 37.4 Å². The maximum Gasteiger partial charge on any atom is 0.241 e. The molecule has 0 saturated heterocycles. The van der Waals surface area contributed by atoms with Crippen molar-refractivity contribution in [2.45, 2.75) is 88.4 Å². The van der Waals surface area contributed by atoms with Gasteiger partial charge in [-0.25, -0.2) is 13.1 Å². The van der Waals surface area contributed by atoms with E-state index < -0.39 is 21.9 Å². The molecule has 0 radical (unpaired) electrons. The summed E-state index contributed by atoms with van der Waals surface area (Å²) in [5.74, 6) is 0.192. The van der Waals surface area contributed by atoms with Crippen molar-refractivity contribution in [1.29, 1.82) is 0 Å². The highest BCUT2D eigenvalue weighted by Gasteiger charge is 2.30. The predicted octanol–water partition coefficient (Wildman–Crippen LogP) is 5.86. The number of hydrogen-bond donors (Lipinski definition) is 3. The smallest absolute Gasteiger partial charge is 0.241 e. The lowest BCUT2D eigenvalue weighted by Crippen LogP contribution is -2.35. The third-order valence-corrected chi connectivity index (χ3v) is 9.66. The van der Waals surface area contributed by atoms with Crippen molar-refractivity contribution in [1.82, 2.24) is 10.0 Å². The molecule has 3 aromatic rings. The van der Waals surface area contributed by atoms with Gasteiger partial charge in [0.15, 0.2) is 0 Å². The number of nitrogens with one attached hydrogen (secondary N) is 2. The van der Waals surface area contributed by atoms with Gasteiger partial charge < -0.3 is 29.4 Å². The summed E-state index contributed by atoms with van der Waals surface area (Å²) in [7, 11) is -3.56. The number of fused-ring (bicyclic) bond motifs is 1. The molecule has 5 rings (SSSR count). The lowest BCUT2D eigenvalue weighted by molar-refractivity contribution is -0.180. The quantitative estimate of drug-likeness (QED) is 0.138. The summed E-state index contributed by atoms with van der Waals surface area (Å²) in [5.41, 5.74) is 4.35. The zero-order valence-electron chi connectivity index (χ0n) is 27.0. The average molecular weight is 653 g/mol. The summed E-state index contributed by atoms with van der Waals surface area (Å²) in [4.78, 5) is 0.307. The van der Waals surface area contributed by atoms with Crippen LogP contribution in [0.4, 0.5) is 0 Å². The monoisotopic (exact) mass is 652 g/mol.